The van der Waals surface area contributed by atoms with Gasteiger partial charge in [-0.1, -0.05) is 103 Å². The summed E-state index contributed by atoms with van der Waals surface area (Å²) in [7, 11) is 0. The zero-order valence-electron chi connectivity index (χ0n) is 16.7. The summed E-state index contributed by atoms with van der Waals surface area (Å²) in [6, 6.07) is 37.7. The molecule has 0 amide bonds. The number of para-hydroxylation sites is 1. The van der Waals surface area contributed by atoms with Crippen LogP contribution in [0.3, 0.4) is 0 Å². The van der Waals surface area contributed by atoms with Gasteiger partial charge >= 0.3 is 0 Å². The van der Waals surface area contributed by atoms with Crippen molar-refractivity contribution in [2.75, 3.05) is 0 Å². The Balaban J connectivity index is 1.61. The van der Waals surface area contributed by atoms with E-state index < -0.39 is 0 Å². The second-order valence-electron chi connectivity index (χ2n) is 7.23. The third-order valence-corrected chi connectivity index (χ3v) is 5.30. The molecule has 0 fully saturated rings. The maximum absolute atomic E-state index is 4.51. The molecule has 0 atom stereocenters. The Hall–Kier alpha value is -3.98. The molecule has 0 spiro atoms. The van der Waals surface area contributed by atoms with Crippen LogP contribution in [0.25, 0.3) is 39.3 Å². The van der Waals surface area contributed by atoms with Crippen LogP contribution < -0.4 is 0 Å². The summed E-state index contributed by atoms with van der Waals surface area (Å²) in [4.78, 5) is 0. The highest BCUT2D eigenvalue weighted by molar-refractivity contribution is 5.75. The molecule has 0 unspecified atom stereocenters. The van der Waals surface area contributed by atoms with Crippen LogP contribution in [-0.2, 0) is 0 Å². The molecule has 0 saturated carbocycles. The predicted molar refractivity (Wildman–Crippen MR) is 122 cm³/mol. The van der Waals surface area contributed by atoms with E-state index in [9.17, 15) is 0 Å². The van der Waals surface area contributed by atoms with Crippen LogP contribution >= 0.6 is 0 Å². The minimum atomic E-state index is 0.843. The molecular formula is C27H21N3. The Morgan fingerprint density at radius 1 is 0.500 bits per heavy atom. The molecule has 0 N–H and O–H groups in total. The fourth-order valence-corrected chi connectivity index (χ4v) is 3.81. The zero-order valence-corrected chi connectivity index (χ0v) is 16.7. The quantitative estimate of drug-likeness (QED) is 0.349. The number of hydrogen-bond donors (Lipinski definition) is 0. The van der Waals surface area contributed by atoms with Gasteiger partial charge in [-0.25, -0.2) is 0 Å². The summed E-state index contributed by atoms with van der Waals surface area (Å²) < 4.78 is 2.14. The Morgan fingerprint density at radius 2 is 1.03 bits per heavy atom. The van der Waals surface area contributed by atoms with Gasteiger partial charge in [0.05, 0.1) is 5.69 Å². The molecule has 3 nitrogen and oxygen atoms in total. The van der Waals surface area contributed by atoms with E-state index in [-0.39, 0.29) is 0 Å². The topological polar surface area (TPSA) is 30.7 Å². The normalized spacial score (nSPS) is 10.8. The second kappa shape index (κ2) is 7.80. The van der Waals surface area contributed by atoms with E-state index >= 15 is 0 Å². The average Bonchev–Trinajstić information content (AvgIpc) is 3.21. The van der Waals surface area contributed by atoms with Crippen LogP contribution in [0.5, 0.6) is 0 Å². The molecule has 4 aromatic carbocycles. The Morgan fingerprint density at radius 3 is 1.73 bits per heavy atom. The molecule has 3 heteroatoms. The minimum Gasteiger partial charge on any atom is -0.279 e. The second-order valence-corrected chi connectivity index (χ2v) is 7.23. The van der Waals surface area contributed by atoms with Crippen LogP contribution in [-0.4, -0.2) is 14.8 Å². The number of hydrogen-bond acceptors (Lipinski definition) is 2. The highest BCUT2D eigenvalue weighted by Crippen LogP contribution is 2.31. The molecule has 1 heterocycles. The van der Waals surface area contributed by atoms with Crippen LogP contribution in [0.4, 0.5) is 0 Å². The highest BCUT2D eigenvalue weighted by atomic mass is 15.3. The number of aromatic nitrogens is 3. The first-order chi connectivity index (χ1) is 14.8. The standard InChI is InChI=1S/C27H21N3/c1-20-28-29-27(24-18-16-22(17-19-24)21-10-4-2-5-11-21)30(20)26-15-9-8-14-25(26)23-12-6-3-7-13-23/h2-19H,1H3. The molecule has 0 saturated heterocycles. The fourth-order valence-electron chi connectivity index (χ4n) is 3.81. The van der Waals surface area contributed by atoms with Crippen molar-refractivity contribution in [2.24, 2.45) is 0 Å². The zero-order chi connectivity index (χ0) is 20.3. The molecule has 30 heavy (non-hydrogen) atoms. The minimum absolute atomic E-state index is 0.843. The summed E-state index contributed by atoms with van der Waals surface area (Å²) in [6.07, 6.45) is 0. The molecular weight excluding hydrogens is 366 g/mol. The maximum Gasteiger partial charge on any atom is 0.168 e. The number of rotatable bonds is 4. The third-order valence-electron chi connectivity index (χ3n) is 5.30. The van der Waals surface area contributed by atoms with Gasteiger partial charge in [-0.05, 0) is 29.7 Å². The first-order valence-corrected chi connectivity index (χ1v) is 10.0. The Labute approximate surface area is 176 Å². The van der Waals surface area contributed by atoms with Gasteiger partial charge in [0.1, 0.15) is 5.82 Å². The van der Waals surface area contributed by atoms with Gasteiger partial charge < -0.3 is 0 Å². The van der Waals surface area contributed by atoms with E-state index in [2.05, 4.69) is 112 Å². The van der Waals surface area contributed by atoms with Gasteiger partial charge in [0.15, 0.2) is 5.82 Å². The van der Waals surface area contributed by atoms with E-state index in [0.717, 1.165) is 28.5 Å². The van der Waals surface area contributed by atoms with E-state index in [4.69, 9.17) is 0 Å². The molecule has 0 aliphatic carbocycles. The van der Waals surface area contributed by atoms with E-state index in [1.165, 1.54) is 16.7 Å². The molecule has 0 bridgehead atoms. The van der Waals surface area contributed by atoms with Gasteiger partial charge in [-0.3, -0.25) is 4.57 Å². The van der Waals surface area contributed by atoms with Crippen molar-refractivity contribution in [3.05, 3.63) is 115 Å². The van der Waals surface area contributed by atoms with Crippen molar-refractivity contribution in [1.29, 1.82) is 0 Å². The van der Waals surface area contributed by atoms with Crippen molar-refractivity contribution >= 4 is 0 Å². The van der Waals surface area contributed by atoms with Crippen LogP contribution in [0.15, 0.2) is 109 Å². The smallest absolute Gasteiger partial charge is 0.168 e. The van der Waals surface area contributed by atoms with Crippen molar-refractivity contribution in [3.8, 4) is 39.3 Å². The van der Waals surface area contributed by atoms with Crippen LogP contribution in [0.1, 0.15) is 5.82 Å². The molecule has 1 aromatic heterocycles. The molecule has 5 aromatic rings. The van der Waals surface area contributed by atoms with Gasteiger partial charge in [0, 0.05) is 11.1 Å². The van der Waals surface area contributed by atoms with Crippen molar-refractivity contribution in [1.82, 2.24) is 14.8 Å². The van der Waals surface area contributed by atoms with Crippen molar-refractivity contribution < 1.29 is 0 Å². The largest absolute Gasteiger partial charge is 0.279 e. The molecule has 144 valence electrons. The van der Waals surface area contributed by atoms with Gasteiger partial charge in [0.25, 0.3) is 0 Å². The fraction of sp³-hybridized carbons (Fsp3) is 0.0370. The first-order valence-electron chi connectivity index (χ1n) is 10.0. The summed E-state index contributed by atoms with van der Waals surface area (Å²) in [5.41, 5.74) is 6.84. The lowest BCUT2D eigenvalue weighted by atomic mass is 10.0. The van der Waals surface area contributed by atoms with Crippen molar-refractivity contribution in [2.45, 2.75) is 6.92 Å². The average molecular weight is 387 g/mol. The maximum atomic E-state index is 4.51. The van der Waals surface area contributed by atoms with E-state index in [1.807, 2.05) is 19.1 Å². The lowest BCUT2D eigenvalue weighted by Gasteiger charge is -2.14. The number of benzene rings is 4. The SMILES string of the molecule is Cc1nnc(-c2ccc(-c3ccccc3)cc2)n1-c1ccccc1-c1ccccc1. The van der Waals surface area contributed by atoms with Gasteiger partial charge in [-0.2, -0.15) is 0 Å². The summed E-state index contributed by atoms with van der Waals surface area (Å²) in [5.74, 6) is 1.70. The molecule has 0 aliphatic heterocycles. The van der Waals surface area contributed by atoms with E-state index in [1.54, 1.807) is 0 Å². The highest BCUT2D eigenvalue weighted by Gasteiger charge is 2.16. The lowest BCUT2D eigenvalue weighted by molar-refractivity contribution is 0.973. The summed E-state index contributed by atoms with van der Waals surface area (Å²) in [5, 5.41) is 8.91. The van der Waals surface area contributed by atoms with Crippen molar-refractivity contribution in [3.63, 3.8) is 0 Å². The first kappa shape index (κ1) is 18.1. The number of nitrogens with zero attached hydrogens (tertiary/aromatic N) is 3. The van der Waals surface area contributed by atoms with Crippen LogP contribution in [0.2, 0.25) is 0 Å². The monoisotopic (exact) mass is 387 g/mol. The Bertz CT molecular complexity index is 1270. The molecule has 0 radical (unpaired) electrons. The van der Waals surface area contributed by atoms with Crippen LogP contribution in [0, 0.1) is 6.92 Å². The summed E-state index contributed by atoms with van der Waals surface area (Å²) in [6.45, 7) is 2.00. The molecule has 5 rings (SSSR count). The van der Waals surface area contributed by atoms with Gasteiger partial charge in [0.2, 0.25) is 0 Å². The Kier molecular flexibility index (Phi) is 4.70. The summed E-state index contributed by atoms with van der Waals surface area (Å²) >= 11 is 0. The lowest BCUT2D eigenvalue weighted by Crippen LogP contribution is -2.02. The molecule has 0 aliphatic rings. The number of aryl methyl sites for hydroxylation is 1. The predicted octanol–water partition coefficient (Wildman–Crippen LogP) is 6.58. The van der Waals surface area contributed by atoms with Gasteiger partial charge in [-0.15, -0.1) is 10.2 Å². The third kappa shape index (κ3) is 3.31. The van der Waals surface area contributed by atoms with E-state index in [0.29, 0.717) is 0 Å².